The van der Waals surface area contributed by atoms with Crippen LogP contribution >= 0.6 is 28.3 Å². The van der Waals surface area contributed by atoms with Gasteiger partial charge in [0.15, 0.2) is 0 Å². The van der Waals surface area contributed by atoms with Crippen LogP contribution in [-0.4, -0.2) is 43.6 Å². The number of rotatable bonds is 2. The average molecular weight is 350 g/mol. The Kier molecular flexibility index (Phi) is 6.10. The van der Waals surface area contributed by atoms with Crippen molar-refractivity contribution in [3.05, 3.63) is 28.2 Å². The molecule has 2 rings (SSSR count). The van der Waals surface area contributed by atoms with Crippen molar-refractivity contribution in [1.29, 1.82) is 0 Å². The van der Waals surface area contributed by atoms with Gasteiger partial charge in [-0.2, -0.15) is 0 Å². The summed E-state index contributed by atoms with van der Waals surface area (Å²) in [6, 6.07) is 5.82. The molecule has 1 saturated heterocycles. The second-order valence-corrected chi connectivity index (χ2v) is 5.37. The molecule has 0 spiro atoms. The third kappa shape index (κ3) is 3.84. The maximum Gasteiger partial charge on any atom is 0.257 e. The van der Waals surface area contributed by atoms with Crippen LogP contribution < -0.4 is 10.1 Å². The number of piperazine rings is 1. The number of nitrogens with zero attached hydrogens (tertiary/aromatic N) is 1. The van der Waals surface area contributed by atoms with Gasteiger partial charge in [0.05, 0.1) is 12.7 Å². The zero-order valence-corrected chi connectivity index (χ0v) is 13.4. The van der Waals surface area contributed by atoms with Gasteiger partial charge in [0.1, 0.15) is 5.75 Å². The lowest BCUT2D eigenvalue weighted by atomic mass is 10.1. The highest BCUT2D eigenvalue weighted by Crippen LogP contribution is 2.25. The number of hydrogen-bond donors (Lipinski definition) is 1. The van der Waals surface area contributed by atoms with Gasteiger partial charge in [0.2, 0.25) is 0 Å². The molecule has 19 heavy (non-hydrogen) atoms. The number of carbonyl (C=O) groups excluding carboxylic acids is 1. The van der Waals surface area contributed by atoms with Gasteiger partial charge < -0.3 is 15.0 Å². The fourth-order valence-corrected chi connectivity index (χ4v) is 2.47. The number of nitrogens with one attached hydrogen (secondary N) is 1. The molecule has 1 fully saturated rings. The Morgan fingerprint density at radius 1 is 1.53 bits per heavy atom. The number of amides is 1. The number of carbonyl (C=O) groups is 1. The molecule has 1 aliphatic rings. The highest BCUT2D eigenvalue weighted by molar-refractivity contribution is 9.10. The highest BCUT2D eigenvalue weighted by Gasteiger charge is 2.23. The Hall–Kier alpha value is -0.780. The molecule has 0 radical (unpaired) electrons. The van der Waals surface area contributed by atoms with E-state index in [1.54, 1.807) is 13.2 Å². The second kappa shape index (κ2) is 7.12. The fourth-order valence-electron chi connectivity index (χ4n) is 2.13. The van der Waals surface area contributed by atoms with Crippen LogP contribution in [0.15, 0.2) is 22.7 Å². The minimum Gasteiger partial charge on any atom is -0.496 e. The van der Waals surface area contributed by atoms with Crippen LogP contribution in [-0.2, 0) is 0 Å². The van der Waals surface area contributed by atoms with Crippen molar-refractivity contribution in [2.75, 3.05) is 26.7 Å². The van der Waals surface area contributed by atoms with Crippen LogP contribution in [0.1, 0.15) is 17.3 Å². The van der Waals surface area contributed by atoms with E-state index in [2.05, 4.69) is 28.2 Å². The molecule has 0 aromatic heterocycles. The molecule has 4 nitrogen and oxygen atoms in total. The van der Waals surface area contributed by atoms with Gasteiger partial charge in [-0.05, 0) is 25.1 Å². The first-order valence-corrected chi connectivity index (χ1v) is 6.77. The van der Waals surface area contributed by atoms with Crippen LogP contribution in [0.5, 0.6) is 5.75 Å². The summed E-state index contributed by atoms with van der Waals surface area (Å²) in [4.78, 5) is 14.3. The van der Waals surface area contributed by atoms with E-state index in [0.29, 0.717) is 17.4 Å². The predicted molar refractivity (Wildman–Crippen MR) is 81.3 cm³/mol. The summed E-state index contributed by atoms with van der Waals surface area (Å²) in [6.07, 6.45) is 0. The second-order valence-electron chi connectivity index (χ2n) is 4.45. The third-order valence-corrected chi connectivity index (χ3v) is 3.54. The van der Waals surface area contributed by atoms with Crippen LogP contribution in [0, 0.1) is 0 Å². The summed E-state index contributed by atoms with van der Waals surface area (Å²) in [6.45, 7) is 4.39. The van der Waals surface area contributed by atoms with Crippen molar-refractivity contribution in [2.45, 2.75) is 13.0 Å². The number of hydrogen-bond acceptors (Lipinski definition) is 3. The lowest BCUT2D eigenvalue weighted by Gasteiger charge is -2.32. The van der Waals surface area contributed by atoms with E-state index in [0.717, 1.165) is 24.1 Å². The summed E-state index contributed by atoms with van der Waals surface area (Å²) in [7, 11) is 1.58. The standard InChI is InChI=1S/C13H17BrN2O2.ClH/c1-9-8-16(6-5-15-9)13(17)11-4-3-10(14)7-12(11)18-2;/h3-4,7,9,15H,5-6,8H2,1-2H3;1H. The Morgan fingerprint density at radius 3 is 2.89 bits per heavy atom. The van der Waals surface area contributed by atoms with Crippen molar-refractivity contribution in [3.8, 4) is 5.75 Å². The molecule has 1 heterocycles. The first-order chi connectivity index (χ1) is 8.61. The molecule has 1 atom stereocenters. The van der Waals surface area contributed by atoms with E-state index in [1.807, 2.05) is 17.0 Å². The molecule has 1 amide bonds. The van der Waals surface area contributed by atoms with Gasteiger partial charge >= 0.3 is 0 Å². The first kappa shape index (κ1) is 16.3. The van der Waals surface area contributed by atoms with Gasteiger partial charge in [-0.15, -0.1) is 12.4 Å². The van der Waals surface area contributed by atoms with E-state index < -0.39 is 0 Å². The minimum atomic E-state index is 0. The molecule has 0 aliphatic carbocycles. The van der Waals surface area contributed by atoms with E-state index in [9.17, 15) is 4.79 Å². The first-order valence-electron chi connectivity index (χ1n) is 5.98. The smallest absolute Gasteiger partial charge is 0.257 e. The van der Waals surface area contributed by atoms with E-state index in [4.69, 9.17) is 4.74 Å². The fraction of sp³-hybridized carbons (Fsp3) is 0.462. The summed E-state index contributed by atoms with van der Waals surface area (Å²) in [5.41, 5.74) is 0.620. The molecule has 1 aliphatic heterocycles. The molecular formula is C13H18BrClN2O2. The van der Waals surface area contributed by atoms with Gasteiger partial charge in [-0.25, -0.2) is 0 Å². The van der Waals surface area contributed by atoms with Crippen LogP contribution in [0.4, 0.5) is 0 Å². The van der Waals surface area contributed by atoms with Gasteiger partial charge in [0.25, 0.3) is 5.91 Å². The zero-order chi connectivity index (χ0) is 13.1. The number of halogens is 2. The Balaban J connectivity index is 0.00000180. The quantitative estimate of drug-likeness (QED) is 0.891. The zero-order valence-electron chi connectivity index (χ0n) is 11.0. The van der Waals surface area contributed by atoms with Crippen LogP contribution in [0.25, 0.3) is 0 Å². The maximum absolute atomic E-state index is 12.4. The average Bonchev–Trinajstić information content (AvgIpc) is 2.37. The third-order valence-electron chi connectivity index (χ3n) is 3.05. The summed E-state index contributed by atoms with van der Waals surface area (Å²) in [5, 5.41) is 3.32. The summed E-state index contributed by atoms with van der Waals surface area (Å²) >= 11 is 3.38. The van der Waals surface area contributed by atoms with Gasteiger partial charge in [-0.1, -0.05) is 15.9 Å². The Bertz CT molecular complexity index is 456. The van der Waals surface area contributed by atoms with Crippen molar-refractivity contribution in [3.63, 3.8) is 0 Å². The van der Waals surface area contributed by atoms with Gasteiger partial charge in [0, 0.05) is 30.1 Å². The monoisotopic (exact) mass is 348 g/mol. The maximum atomic E-state index is 12.4. The summed E-state index contributed by atoms with van der Waals surface area (Å²) in [5.74, 6) is 0.647. The van der Waals surface area contributed by atoms with E-state index >= 15 is 0 Å². The van der Waals surface area contributed by atoms with Crippen molar-refractivity contribution >= 4 is 34.2 Å². The molecular weight excluding hydrogens is 332 g/mol. The molecule has 1 aromatic rings. The van der Waals surface area contributed by atoms with Crippen LogP contribution in [0.2, 0.25) is 0 Å². The van der Waals surface area contributed by atoms with Crippen molar-refractivity contribution in [1.82, 2.24) is 10.2 Å². The SMILES string of the molecule is COc1cc(Br)ccc1C(=O)N1CCNC(C)C1.Cl. The molecule has 106 valence electrons. The van der Waals surface area contributed by atoms with Gasteiger partial charge in [-0.3, -0.25) is 4.79 Å². The topological polar surface area (TPSA) is 41.6 Å². The lowest BCUT2D eigenvalue weighted by molar-refractivity contribution is 0.0705. The lowest BCUT2D eigenvalue weighted by Crippen LogP contribution is -2.51. The normalized spacial score (nSPS) is 18.7. The Morgan fingerprint density at radius 2 is 2.26 bits per heavy atom. The number of benzene rings is 1. The summed E-state index contributed by atoms with van der Waals surface area (Å²) < 4.78 is 6.18. The molecule has 1 N–H and O–H groups in total. The Labute approximate surface area is 128 Å². The molecule has 6 heteroatoms. The molecule has 0 bridgehead atoms. The highest BCUT2D eigenvalue weighted by atomic mass is 79.9. The number of methoxy groups -OCH3 is 1. The van der Waals surface area contributed by atoms with Crippen molar-refractivity contribution in [2.24, 2.45) is 0 Å². The van der Waals surface area contributed by atoms with Crippen LogP contribution in [0.3, 0.4) is 0 Å². The predicted octanol–water partition coefficient (Wildman–Crippen LogP) is 2.31. The molecule has 1 aromatic carbocycles. The largest absolute Gasteiger partial charge is 0.496 e. The van der Waals surface area contributed by atoms with Crippen molar-refractivity contribution < 1.29 is 9.53 Å². The minimum absolute atomic E-state index is 0. The molecule has 1 unspecified atom stereocenters. The number of ether oxygens (including phenoxy) is 1. The van der Waals surface area contributed by atoms with E-state index in [-0.39, 0.29) is 18.3 Å². The van der Waals surface area contributed by atoms with E-state index in [1.165, 1.54) is 0 Å². The molecule has 0 saturated carbocycles.